The van der Waals surface area contributed by atoms with Crippen molar-refractivity contribution in [1.82, 2.24) is 0 Å². The summed E-state index contributed by atoms with van der Waals surface area (Å²) in [6.07, 6.45) is -8.97. The van der Waals surface area contributed by atoms with E-state index in [9.17, 15) is 29.9 Å². The minimum atomic E-state index is -4.42. The Morgan fingerprint density at radius 2 is 1.83 bits per heavy atom. The second-order valence-corrected chi connectivity index (χ2v) is 6.52. The van der Waals surface area contributed by atoms with Gasteiger partial charge in [0.1, 0.15) is 30.5 Å². The lowest BCUT2D eigenvalue weighted by atomic mass is 9.99. The van der Waals surface area contributed by atoms with E-state index in [2.05, 4.69) is 9.05 Å². The third-order valence-corrected chi connectivity index (χ3v) is 4.09. The number of rotatable bonds is 10. The number of phosphoric ester groups is 1. The van der Waals surface area contributed by atoms with Crippen molar-refractivity contribution in [1.29, 1.82) is 0 Å². The normalized spacial score (nSPS) is 34.7. The summed E-state index contributed by atoms with van der Waals surface area (Å²) >= 11 is 0. The summed E-state index contributed by atoms with van der Waals surface area (Å²) in [5.41, 5.74) is 5.12. The molecule has 13 heteroatoms. The van der Waals surface area contributed by atoms with E-state index in [1.54, 1.807) is 0 Å². The number of hydrogen-bond donors (Lipinski definition) is 7. The number of ether oxygens (including phenoxy) is 2. The molecule has 12 nitrogen and oxygen atoms in total. The SMILES string of the molecule is NCCOP(=O)(O)OC[C@H]1OC(OCC(O)CO)[C@H](O)[C@@H](O)[C@@H]1O. The van der Waals surface area contributed by atoms with E-state index in [1.807, 2.05) is 0 Å². The molecule has 24 heavy (non-hydrogen) atoms. The van der Waals surface area contributed by atoms with Crippen LogP contribution in [0.5, 0.6) is 0 Å². The quantitative estimate of drug-likeness (QED) is 0.184. The first-order valence-corrected chi connectivity index (χ1v) is 8.63. The standard InChI is InChI=1S/C11H24NO11P/c12-1-2-21-24(18,19)22-5-7-8(15)9(16)10(17)11(23-7)20-4-6(14)3-13/h6-11,13-17H,1-5,12H2,(H,18,19)/t6?,7-,8-,9+,10-,11?/m1/s1. The highest BCUT2D eigenvalue weighted by Crippen LogP contribution is 2.43. The largest absolute Gasteiger partial charge is 0.472 e. The van der Waals surface area contributed by atoms with Gasteiger partial charge < -0.3 is 45.6 Å². The van der Waals surface area contributed by atoms with Crippen LogP contribution in [0.4, 0.5) is 0 Å². The lowest BCUT2D eigenvalue weighted by Gasteiger charge is -2.40. The van der Waals surface area contributed by atoms with Crippen molar-refractivity contribution in [3.8, 4) is 0 Å². The van der Waals surface area contributed by atoms with Gasteiger partial charge in [0.15, 0.2) is 6.29 Å². The first kappa shape index (κ1) is 21.8. The van der Waals surface area contributed by atoms with E-state index in [-0.39, 0.29) is 13.2 Å². The molecule has 7 atom stereocenters. The molecule has 0 aromatic heterocycles. The summed E-state index contributed by atoms with van der Waals surface area (Å²) in [6.45, 7) is -1.89. The predicted molar refractivity (Wildman–Crippen MR) is 76.5 cm³/mol. The predicted octanol–water partition coefficient (Wildman–Crippen LogP) is -3.74. The summed E-state index contributed by atoms with van der Waals surface area (Å²) in [6, 6.07) is 0. The monoisotopic (exact) mass is 377 g/mol. The number of aliphatic hydroxyl groups excluding tert-OH is 5. The molecule has 0 saturated carbocycles. The Balaban J connectivity index is 2.60. The van der Waals surface area contributed by atoms with E-state index in [4.69, 9.17) is 20.3 Å². The van der Waals surface area contributed by atoms with Crippen LogP contribution in [0.1, 0.15) is 0 Å². The average Bonchev–Trinajstić information content (AvgIpc) is 2.56. The van der Waals surface area contributed by atoms with Gasteiger partial charge in [-0.2, -0.15) is 0 Å². The molecule has 0 amide bonds. The van der Waals surface area contributed by atoms with E-state index in [0.29, 0.717) is 0 Å². The summed E-state index contributed by atoms with van der Waals surface area (Å²) in [4.78, 5) is 9.37. The van der Waals surface area contributed by atoms with Crippen molar-refractivity contribution in [2.24, 2.45) is 5.73 Å². The molecule has 0 spiro atoms. The fourth-order valence-corrected chi connectivity index (χ4v) is 2.57. The molecule has 144 valence electrons. The molecule has 0 bridgehead atoms. The summed E-state index contributed by atoms with van der Waals surface area (Å²) in [7, 11) is -4.42. The van der Waals surface area contributed by atoms with Gasteiger partial charge in [-0.15, -0.1) is 0 Å². The minimum absolute atomic E-state index is 0.00946. The molecule has 1 aliphatic rings. The Hall–Kier alpha value is -0.210. The second kappa shape index (κ2) is 10.1. The van der Waals surface area contributed by atoms with Crippen molar-refractivity contribution >= 4 is 7.82 Å². The molecule has 1 rings (SSSR count). The topological polar surface area (TPSA) is 201 Å². The average molecular weight is 377 g/mol. The van der Waals surface area contributed by atoms with Gasteiger partial charge in [-0.25, -0.2) is 4.57 Å². The molecular formula is C11H24NO11P. The molecule has 1 heterocycles. The number of phosphoric acid groups is 1. The number of hydrogen-bond acceptors (Lipinski definition) is 11. The van der Waals surface area contributed by atoms with Crippen LogP contribution in [0.25, 0.3) is 0 Å². The van der Waals surface area contributed by atoms with E-state index >= 15 is 0 Å². The van der Waals surface area contributed by atoms with Gasteiger partial charge in [0.05, 0.1) is 26.4 Å². The zero-order chi connectivity index (χ0) is 18.3. The molecule has 0 aromatic rings. The Morgan fingerprint density at radius 3 is 2.42 bits per heavy atom. The molecule has 0 aliphatic carbocycles. The van der Waals surface area contributed by atoms with Gasteiger partial charge in [0.25, 0.3) is 0 Å². The van der Waals surface area contributed by atoms with Gasteiger partial charge in [-0.1, -0.05) is 0 Å². The van der Waals surface area contributed by atoms with Crippen molar-refractivity contribution in [3.63, 3.8) is 0 Å². The summed E-state index contributed by atoms with van der Waals surface area (Å²) < 4.78 is 30.8. The van der Waals surface area contributed by atoms with Crippen LogP contribution in [0.2, 0.25) is 0 Å². The molecule has 0 radical (unpaired) electrons. The Bertz CT molecular complexity index is 413. The maximum absolute atomic E-state index is 11.5. The third-order valence-electron chi connectivity index (χ3n) is 3.11. The Morgan fingerprint density at radius 1 is 1.17 bits per heavy atom. The third kappa shape index (κ3) is 6.59. The van der Waals surface area contributed by atoms with E-state index in [0.717, 1.165) is 0 Å². The van der Waals surface area contributed by atoms with Crippen LogP contribution >= 0.6 is 7.82 Å². The second-order valence-electron chi connectivity index (χ2n) is 5.07. The summed E-state index contributed by atoms with van der Waals surface area (Å²) in [5, 5.41) is 47.3. The van der Waals surface area contributed by atoms with Crippen LogP contribution < -0.4 is 5.73 Å². The lowest BCUT2D eigenvalue weighted by Crippen LogP contribution is -2.59. The molecule has 8 N–H and O–H groups in total. The first-order chi connectivity index (χ1) is 11.2. The molecule has 3 unspecified atom stereocenters. The molecule has 0 aromatic carbocycles. The van der Waals surface area contributed by atoms with E-state index < -0.39 is 64.5 Å². The van der Waals surface area contributed by atoms with Crippen LogP contribution in [-0.4, -0.2) is 100 Å². The van der Waals surface area contributed by atoms with Crippen LogP contribution in [-0.2, 0) is 23.1 Å². The van der Waals surface area contributed by atoms with Gasteiger partial charge in [0, 0.05) is 6.54 Å². The van der Waals surface area contributed by atoms with Gasteiger partial charge in [0.2, 0.25) is 0 Å². The molecule has 1 saturated heterocycles. The Labute approximate surface area is 137 Å². The van der Waals surface area contributed by atoms with Crippen LogP contribution in [0, 0.1) is 0 Å². The Kier molecular flexibility index (Phi) is 9.16. The summed E-state index contributed by atoms with van der Waals surface area (Å²) in [5.74, 6) is 0. The highest BCUT2D eigenvalue weighted by atomic mass is 31.2. The highest BCUT2D eigenvalue weighted by Gasteiger charge is 2.45. The fourth-order valence-electron chi connectivity index (χ4n) is 1.82. The van der Waals surface area contributed by atoms with Crippen molar-refractivity contribution < 1.29 is 53.5 Å². The molecular weight excluding hydrogens is 353 g/mol. The smallest absolute Gasteiger partial charge is 0.394 e. The lowest BCUT2D eigenvalue weighted by molar-refractivity contribution is -0.304. The van der Waals surface area contributed by atoms with E-state index in [1.165, 1.54) is 0 Å². The van der Waals surface area contributed by atoms with Gasteiger partial charge in [-0.05, 0) is 0 Å². The zero-order valence-corrected chi connectivity index (χ0v) is 13.6. The van der Waals surface area contributed by atoms with Gasteiger partial charge >= 0.3 is 7.82 Å². The van der Waals surface area contributed by atoms with Crippen molar-refractivity contribution in [3.05, 3.63) is 0 Å². The maximum atomic E-state index is 11.5. The first-order valence-electron chi connectivity index (χ1n) is 7.14. The molecule has 1 fully saturated rings. The van der Waals surface area contributed by atoms with Crippen molar-refractivity contribution in [2.75, 3.05) is 33.0 Å². The van der Waals surface area contributed by atoms with Crippen molar-refractivity contribution in [2.45, 2.75) is 36.8 Å². The minimum Gasteiger partial charge on any atom is -0.394 e. The highest BCUT2D eigenvalue weighted by molar-refractivity contribution is 7.47. The molecule has 1 aliphatic heterocycles. The van der Waals surface area contributed by atoms with Gasteiger partial charge in [-0.3, -0.25) is 9.05 Å². The van der Waals surface area contributed by atoms with Crippen LogP contribution in [0.15, 0.2) is 0 Å². The van der Waals surface area contributed by atoms with Crippen LogP contribution in [0.3, 0.4) is 0 Å². The zero-order valence-electron chi connectivity index (χ0n) is 12.7. The maximum Gasteiger partial charge on any atom is 0.472 e. The number of nitrogens with two attached hydrogens (primary N) is 1. The number of aliphatic hydroxyl groups is 5. The fraction of sp³-hybridized carbons (Fsp3) is 1.00.